The molecule has 0 spiro atoms. The average Bonchev–Trinajstić information content (AvgIpc) is 3.26. The molecule has 1 saturated heterocycles. The molecule has 0 bridgehead atoms. The summed E-state index contributed by atoms with van der Waals surface area (Å²) in [5.41, 5.74) is -0.647. The largest absolute Gasteiger partial charge is 0.433 e. The molecule has 0 amide bonds. The zero-order valence-corrected chi connectivity index (χ0v) is 16.1. The van der Waals surface area contributed by atoms with E-state index in [-0.39, 0.29) is 11.2 Å². The highest BCUT2D eigenvalue weighted by Crippen LogP contribution is 2.59. The number of halogens is 6. The minimum absolute atomic E-state index is 0.0473. The fraction of sp³-hybridized carbons (Fsp3) is 0.524. The lowest BCUT2D eigenvalue weighted by Crippen LogP contribution is -2.27. The topological polar surface area (TPSA) is 29.0 Å². The molecule has 0 N–H and O–H groups in total. The van der Waals surface area contributed by atoms with Crippen LogP contribution in [0, 0.1) is 5.92 Å². The van der Waals surface area contributed by atoms with Gasteiger partial charge in [0.15, 0.2) is 0 Å². The molecule has 2 atom stereocenters. The van der Waals surface area contributed by atoms with Gasteiger partial charge in [0.2, 0.25) is 0 Å². The number of benzene rings is 1. The number of rotatable bonds is 6. The lowest BCUT2D eigenvalue weighted by atomic mass is 9.94. The molecule has 30 heavy (non-hydrogen) atoms. The Morgan fingerprint density at radius 3 is 2.37 bits per heavy atom. The first-order chi connectivity index (χ1) is 14.1. The number of nitrogens with zero attached hydrogens (tertiary/aromatic N) is 3. The predicted octanol–water partition coefficient (Wildman–Crippen LogP) is 5.11. The van der Waals surface area contributed by atoms with Crippen molar-refractivity contribution >= 4 is 0 Å². The highest BCUT2D eigenvalue weighted by Gasteiger charge is 2.60. The molecule has 162 valence electrons. The smallest absolute Gasteiger partial charge is 0.302 e. The first-order valence-electron chi connectivity index (χ1n) is 9.87. The van der Waals surface area contributed by atoms with Crippen LogP contribution in [0.2, 0.25) is 0 Å². The number of aromatic nitrogens is 2. The summed E-state index contributed by atoms with van der Waals surface area (Å²) in [6, 6.07) is 6.35. The van der Waals surface area contributed by atoms with Gasteiger partial charge in [0.25, 0.3) is 0 Å². The highest BCUT2D eigenvalue weighted by atomic mass is 19.4. The van der Waals surface area contributed by atoms with Crippen LogP contribution in [-0.2, 0) is 24.2 Å². The van der Waals surface area contributed by atoms with E-state index in [0.29, 0.717) is 18.8 Å². The Labute approximate surface area is 170 Å². The lowest BCUT2D eigenvalue weighted by molar-refractivity contribution is -0.141. The maximum atomic E-state index is 12.8. The van der Waals surface area contributed by atoms with Crippen molar-refractivity contribution in [3.8, 4) is 0 Å². The van der Waals surface area contributed by atoms with Gasteiger partial charge in [-0.15, -0.1) is 0 Å². The third-order valence-electron chi connectivity index (χ3n) is 6.12. The second kappa shape index (κ2) is 7.51. The number of unbranched alkanes of at least 4 members (excludes halogenated alkanes) is 1. The fourth-order valence-corrected chi connectivity index (χ4v) is 4.49. The second-order valence-electron chi connectivity index (χ2n) is 8.18. The third kappa shape index (κ3) is 4.31. The van der Waals surface area contributed by atoms with Crippen LogP contribution in [0.1, 0.15) is 41.9 Å². The molecule has 3 nitrogen and oxygen atoms in total. The monoisotopic (exact) mass is 429 g/mol. The first-order valence-corrected chi connectivity index (χ1v) is 9.87. The molecule has 0 radical (unpaired) electrons. The van der Waals surface area contributed by atoms with Gasteiger partial charge in [-0.2, -0.15) is 26.3 Å². The summed E-state index contributed by atoms with van der Waals surface area (Å²) in [6.07, 6.45) is -4.82. The van der Waals surface area contributed by atoms with E-state index in [1.807, 2.05) is 0 Å². The van der Waals surface area contributed by atoms with E-state index in [1.54, 1.807) is 12.1 Å². The number of likely N-dealkylation sites (tertiary alicyclic amines) is 1. The highest BCUT2D eigenvalue weighted by molar-refractivity contribution is 5.39. The van der Waals surface area contributed by atoms with E-state index in [4.69, 9.17) is 0 Å². The fourth-order valence-electron chi connectivity index (χ4n) is 4.49. The first kappa shape index (κ1) is 21.1. The molecular formula is C21H21F6N3. The maximum absolute atomic E-state index is 12.8. The molecule has 2 fully saturated rings. The second-order valence-corrected chi connectivity index (χ2v) is 8.18. The number of aryl methyl sites for hydroxylation is 1. The zero-order chi connectivity index (χ0) is 21.6. The molecule has 1 aromatic heterocycles. The zero-order valence-electron chi connectivity index (χ0n) is 16.1. The quantitative estimate of drug-likeness (QED) is 0.472. The van der Waals surface area contributed by atoms with E-state index in [2.05, 4.69) is 14.9 Å². The Kier molecular flexibility index (Phi) is 5.28. The normalized spacial score (nSPS) is 24.1. The van der Waals surface area contributed by atoms with E-state index in [1.165, 1.54) is 0 Å². The van der Waals surface area contributed by atoms with Crippen LogP contribution in [-0.4, -0.2) is 34.5 Å². The van der Waals surface area contributed by atoms with Gasteiger partial charge in [-0.1, -0.05) is 12.1 Å². The van der Waals surface area contributed by atoms with Crippen molar-refractivity contribution in [3.05, 3.63) is 59.2 Å². The summed E-state index contributed by atoms with van der Waals surface area (Å²) < 4.78 is 76.4. The van der Waals surface area contributed by atoms with Crippen molar-refractivity contribution in [3.63, 3.8) is 0 Å². The molecule has 2 heterocycles. The molecule has 0 unspecified atom stereocenters. The van der Waals surface area contributed by atoms with Crippen molar-refractivity contribution in [2.45, 2.75) is 43.5 Å². The summed E-state index contributed by atoms with van der Waals surface area (Å²) in [5, 5.41) is 0. The SMILES string of the molecule is FC(F)(F)c1ccc([C@]23C[C@H]2CN(CCCCc2nccc(C(F)(F)F)n2)C3)cc1. The third-order valence-corrected chi connectivity index (χ3v) is 6.12. The van der Waals surface area contributed by atoms with E-state index < -0.39 is 23.6 Å². The Morgan fingerprint density at radius 2 is 1.70 bits per heavy atom. The van der Waals surface area contributed by atoms with Gasteiger partial charge in [0, 0.05) is 31.1 Å². The van der Waals surface area contributed by atoms with Crippen LogP contribution < -0.4 is 0 Å². The number of fused-ring (bicyclic) bond motifs is 1. The summed E-state index contributed by atoms with van der Waals surface area (Å²) in [5.74, 6) is 0.649. The molecule has 2 aromatic rings. The van der Waals surface area contributed by atoms with Gasteiger partial charge < -0.3 is 4.90 Å². The Hall–Kier alpha value is -2.16. The van der Waals surface area contributed by atoms with Gasteiger partial charge in [-0.3, -0.25) is 0 Å². The molecular weight excluding hydrogens is 408 g/mol. The van der Waals surface area contributed by atoms with E-state index >= 15 is 0 Å². The van der Waals surface area contributed by atoms with Crippen LogP contribution in [0.4, 0.5) is 26.3 Å². The van der Waals surface area contributed by atoms with Gasteiger partial charge in [-0.25, -0.2) is 9.97 Å². The van der Waals surface area contributed by atoms with E-state index in [9.17, 15) is 26.3 Å². The number of piperidine rings is 1. The summed E-state index contributed by atoms with van der Waals surface area (Å²) >= 11 is 0. The van der Waals surface area contributed by atoms with Crippen molar-refractivity contribution in [2.75, 3.05) is 19.6 Å². The van der Waals surface area contributed by atoms with Crippen LogP contribution in [0.5, 0.6) is 0 Å². The van der Waals surface area contributed by atoms with Crippen LogP contribution >= 0.6 is 0 Å². The van der Waals surface area contributed by atoms with Crippen molar-refractivity contribution in [1.29, 1.82) is 0 Å². The average molecular weight is 429 g/mol. The Bertz CT molecular complexity index is 893. The predicted molar refractivity (Wildman–Crippen MR) is 97.6 cm³/mol. The van der Waals surface area contributed by atoms with Crippen molar-refractivity contribution in [2.24, 2.45) is 5.92 Å². The molecule has 1 saturated carbocycles. The number of hydrogen-bond donors (Lipinski definition) is 0. The van der Waals surface area contributed by atoms with Crippen molar-refractivity contribution < 1.29 is 26.3 Å². The summed E-state index contributed by atoms with van der Waals surface area (Å²) in [7, 11) is 0. The molecule has 1 aliphatic heterocycles. The minimum atomic E-state index is -4.47. The Balaban J connectivity index is 1.26. The molecule has 2 aliphatic rings. The number of alkyl halides is 6. The van der Waals surface area contributed by atoms with Gasteiger partial charge in [0.05, 0.1) is 5.56 Å². The van der Waals surface area contributed by atoms with Gasteiger partial charge in [-0.05, 0) is 55.5 Å². The van der Waals surface area contributed by atoms with E-state index in [0.717, 1.165) is 62.4 Å². The molecule has 1 aromatic carbocycles. The van der Waals surface area contributed by atoms with Crippen LogP contribution in [0.15, 0.2) is 36.5 Å². The minimum Gasteiger partial charge on any atom is -0.302 e. The van der Waals surface area contributed by atoms with Gasteiger partial charge in [0.1, 0.15) is 11.5 Å². The van der Waals surface area contributed by atoms with Crippen LogP contribution in [0.3, 0.4) is 0 Å². The standard InChI is InChI=1S/C21H21F6N3/c22-20(23,24)15-6-4-14(5-7-15)19-11-16(19)12-30(13-19)10-2-1-3-18-28-9-8-17(29-18)21(25,26)27/h4-9,16H,1-3,10-13H2/t16-,19+/m0/s1. The molecule has 1 aliphatic carbocycles. The Morgan fingerprint density at radius 1 is 0.967 bits per heavy atom. The summed E-state index contributed by atoms with van der Waals surface area (Å²) in [6.45, 7) is 2.52. The summed E-state index contributed by atoms with van der Waals surface area (Å²) in [4.78, 5) is 9.78. The van der Waals surface area contributed by atoms with Gasteiger partial charge >= 0.3 is 12.4 Å². The molecule has 4 rings (SSSR count). The lowest BCUT2D eigenvalue weighted by Gasteiger charge is -2.21. The van der Waals surface area contributed by atoms with Crippen LogP contribution in [0.25, 0.3) is 0 Å². The number of hydrogen-bond acceptors (Lipinski definition) is 3. The maximum Gasteiger partial charge on any atom is 0.433 e. The van der Waals surface area contributed by atoms with Crippen molar-refractivity contribution in [1.82, 2.24) is 14.9 Å². The molecule has 9 heteroatoms.